The fourth-order valence-electron chi connectivity index (χ4n) is 2.84. The van der Waals surface area contributed by atoms with Crippen LogP contribution < -0.4 is 5.32 Å². The van der Waals surface area contributed by atoms with E-state index >= 15 is 0 Å². The van der Waals surface area contributed by atoms with Gasteiger partial charge in [0.25, 0.3) is 0 Å². The molecule has 1 aliphatic carbocycles. The van der Waals surface area contributed by atoms with Crippen molar-refractivity contribution < 1.29 is 13.2 Å². The Morgan fingerprint density at radius 1 is 1.26 bits per heavy atom. The van der Waals surface area contributed by atoms with Crippen LogP contribution in [-0.4, -0.2) is 12.2 Å². The predicted molar refractivity (Wildman–Crippen MR) is 72.4 cm³/mol. The van der Waals surface area contributed by atoms with E-state index in [0.717, 1.165) is 0 Å². The van der Waals surface area contributed by atoms with Gasteiger partial charge in [-0.15, -0.1) is 11.3 Å². The average Bonchev–Trinajstić information content (AvgIpc) is 2.75. The molecule has 19 heavy (non-hydrogen) atoms. The number of nitrogens with one attached hydrogen (secondary N) is 1. The third kappa shape index (κ3) is 3.72. The summed E-state index contributed by atoms with van der Waals surface area (Å²) in [5, 5.41) is 5.54. The number of halogens is 3. The molecule has 1 unspecified atom stereocenters. The molecule has 0 aromatic carbocycles. The van der Waals surface area contributed by atoms with Gasteiger partial charge in [-0.25, -0.2) is 0 Å². The van der Waals surface area contributed by atoms with Crippen LogP contribution in [0.25, 0.3) is 0 Å². The van der Waals surface area contributed by atoms with E-state index in [0.29, 0.717) is 12.8 Å². The molecule has 1 aromatic heterocycles. The molecule has 0 radical (unpaired) electrons. The van der Waals surface area contributed by atoms with Gasteiger partial charge in [-0.05, 0) is 56.5 Å². The van der Waals surface area contributed by atoms with Gasteiger partial charge in [-0.3, -0.25) is 0 Å². The summed E-state index contributed by atoms with van der Waals surface area (Å²) in [5.41, 5.74) is 1.26. The van der Waals surface area contributed by atoms with Gasteiger partial charge in [0.2, 0.25) is 0 Å². The van der Waals surface area contributed by atoms with Crippen molar-refractivity contribution >= 4 is 11.3 Å². The molecule has 1 saturated carbocycles. The van der Waals surface area contributed by atoms with Crippen molar-refractivity contribution in [3.63, 3.8) is 0 Å². The zero-order valence-corrected chi connectivity index (χ0v) is 12.1. The second-order valence-electron chi connectivity index (χ2n) is 5.45. The molecule has 1 heterocycles. The van der Waals surface area contributed by atoms with Crippen LogP contribution in [0.4, 0.5) is 13.2 Å². The van der Waals surface area contributed by atoms with E-state index in [1.54, 1.807) is 11.3 Å². The summed E-state index contributed by atoms with van der Waals surface area (Å²) in [6, 6.07) is 2.53. The smallest absolute Gasteiger partial charge is 0.307 e. The highest BCUT2D eigenvalue weighted by atomic mass is 32.1. The Hall–Kier alpha value is -0.550. The van der Waals surface area contributed by atoms with Gasteiger partial charge in [-0.1, -0.05) is 0 Å². The summed E-state index contributed by atoms with van der Waals surface area (Å²) >= 11 is 1.71. The van der Waals surface area contributed by atoms with Gasteiger partial charge >= 0.3 is 6.18 Å². The monoisotopic (exact) mass is 291 g/mol. The zero-order valence-electron chi connectivity index (χ0n) is 11.3. The molecule has 1 fully saturated rings. The molecule has 0 aliphatic heterocycles. The van der Waals surface area contributed by atoms with E-state index in [1.165, 1.54) is 10.4 Å². The summed E-state index contributed by atoms with van der Waals surface area (Å²) in [6.07, 6.45) is -2.24. The van der Waals surface area contributed by atoms with Crippen molar-refractivity contribution in [2.45, 2.75) is 57.8 Å². The standard InChI is InChI=1S/C14H20F3NS/c1-9-7-8-19-13(9)10(2)18-12-5-3-11(4-6-12)14(15,16)17/h7-8,10-12,18H,3-6H2,1-2H3. The minimum absolute atomic E-state index is 0.218. The van der Waals surface area contributed by atoms with Crippen LogP contribution in [0.2, 0.25) is 0 Å². The fourth-order valence-corrected chi connectivity index (χ4v) is 3.79. The first-order chi connectivity index (χ1) is 8.88. The number of hydrogen-bond donors (Lipinski definition) is 1. The lowest BCUT2D eigenvalue weighted by Crippen LogP contribution is -2.38. The molecule has 1 nitrogen and oxygen atoms in total. The highest BCUT2D eigenvalue weighted by molar-refractivity contribution is 7.10. The van der Waals surface area contributed by atoms with E-state index in [1.807, 2.05) is 0 Å². The number of rotatable bonds is 3. The van der Waals surface area contributed by atoms with Crippen LogP contribution in [0, 0.1) is 12.8 Å². The lowest BCUT2D eigenvalue weighted by molar-refractivity contribution is -0.182. The quantitative estimate of drug-likeness (QED) is 0.841. The topological polar surface area (TPSA) is 12.0 Å². The van der Waals surface area contributed by atoms with Gasteiger partial charge in [0, 0.05) is 17.0 Å². The number of thiophene rings is 1. The third-order valence-corrected chi connectivity index (χ3v) is 5.17. The highest BCUT2D eigenvalue weighted by Gasteiger charge is 2.41. The predicted octanol–water partition coefficient (Wildman–Crippen LogP) is 4.83. The minimum atomic E-state index is -4.01. The van der Waals surface area contributed by atoms with Gasteiger partial charge in [-0.2, -0.15) is 13.2 Å². The summed E-state index contributed by atoms with van der Waals surface area (Å²) < 4.78 is 37.8. The van der Waals surface area contributed by atoms with Crippen LogP contribution in [0.15, 0.2) is 11.4 Å². The second kappa shape index (κ2) is 5.83. The molecule has 2 rings (SSSR count). The van der Waals surface area contributed by atoms with Crippen LogP contribution in [0.1, 0.15) is 49.1 Å². The summed E-state index contributed by atoms with van der Waals surface area (Å²) in [4.78, 5) is 1.29. The molecule has 5 heteroatoms. The highest BCUT2D eigenvalue weighted by Crippen LogP contribution is 2.38. The van der Waals surface area contributed by atoms with Crippen LogP contribution in [-0.2, 0) is 0 Å². The van der Waals surface area contributed by atoms with Gasteiger partial charge in [0.05, 0.1) is 5.92 Å². The normalized spacial score (nSPS) is 26.4. The Bertz CT molecular complexity index is 405. The third-order valence-electron chi connectivity index (χ3n) is 3.97. The molecule has 1 atom stereocenters. The van der Waals surface area contributed by atoms with Crippen molar-refractivity contribution in [3.8, 4) is 0 Å². The molecular weight excluding hydrogens is 271 g/mol. The number of aryl methyl sites for hydroxylation is 1. The van der Waals surface area contributed by atoms with Crippen LogP contribution >= 0.6 is 11.3 Å². The molecule has 0 spiro atoms. The van der Waals surface area contributed by atoms with Crippen molar-refractivity contribution in [2.75, 3.05) is 0 Å². The fraction of sp³-hybridized carbons (Fsp3) is 0.714. The molecule has 1 aliphatic rings. The summed E-state index contributed by atoms with van der Waals surface area (Å²) in [5.74, 6) is -1.09. The molecule has 1 N–H and O–H groups in total. The summed E-state index contributed by atoms with van der Waals surface area (Å²) in [7, 11) is 0. The molecule has 0 saturated heterocycles. The van der Waals surface area contributed by atoms with Crippen LogP contribution in [0.3, 0.4) is 0 Å². The Labute approximate surface area is 116 Å². The van der Waals surface area contributed by atoms with Crippen molar-refractivity contribution in [1.82, 2.24) is 5.32 Å². The van der Waals surface area contributed by atoms with E-state index in [2.05, 4.69) is 30.6 Å². The number of hydrogen-bond acceptors (Lipinski definition) is 2. The number of alkyl halides is 3. The minimum Gasteiger partial charge on any atom is -0.307 e. The van der Waals surface area contributed by atoms with Crippen LogP contribution in [0.5, 0.6) is 0 Å². The van der Waals surface area contributed by atoms with Gasteiger partial charge in [0.1, 0.15) is 0 Å². The zero-order chi connectivity index (χ0) is 14.0. The Kier molecular flexibility index (Phi) is 4.56. The molecule has 108 valence electrons. The lowest BCUT2D eigenvalue weighted by Gasteiger charge is -2.32. The molecule has 1 aromatic rings. The Balaban J connectivity index is 1.85. The molecular formula is C14H20F3NS. The first-order valence-corrected chi connectivity index (χ1v) is 7.62. The summed E-state index contributed by atoms with van der Waals surface area (Å²) in [6.45, 7) is 4.17. The second-order valence-corrected chi connectivity index (χ2v) is 6.39. The van der Waals surface area contributed by atoms with Gasteiger partial charge in [0.15, 0.2) is 0 Å². The maximum Gasteiger partial charge on any atom is 0.391 e. The van der Waals surface area contributed by atoms with E-state index < -0.39 is 12.1 Å². The van der Waals surface area contributed by atoms with E-state index in [-0.39, 0.29) is 24.9 Å². The molecule has 0 bridgehead atoms. The van der Waals surface area contributed by atoms with E-state index in [4.69, 9.17) is 0 Å². The van der Waals surface area contributed by atoms with Crippen molar-refractivity contribution in [3.05, 3.63) is 21.9 Å². The first-order valence-electron chi connectivity index (χ1n) is 6.74. The Morgan fingerprint density at radius 2 is 1.89 bits per heavy atom. The maximum absolute atomic E-state index is 12.6. The first kappa shape index (κ1) is 14.9. The Morgan fingerprint density at radius 3 is 2.37 bits per heavy atom. The van der Waals surface area contributed by atoms with Crippen molar-refractivity contribution in [2.24, 2.45) is 5.92 Å². The SMILES string of the molecule is Cc1ccsc1C(C)NC1CCC(C(F)(F)F)CC1. The largest absolute Gasteiger partial charge is 0.391 e. The van der Waals surface area contributed by atoms with Crippen molar-refractivity contribution in [1.29, 1.82) is 0 Å². The average molecular weight is 291 g/mol. The lowest BCUT2D eigenvalue weighted by atomic mass is 9.85. The van der Waals surface area contributed by atoms with E-state index in [9.17, 15) is 13.2 Å². The molecule has 0 amide bonds. The van der Waals surface area contributed by atoms with Gasteiger partial charge < -0.3 is 5.32 Å². The maximum atomic E-state index is 12.6.